The first kappa shape index (κ1) is 14.2. The Morgan fingerprint density at radius 2 is 1.25 bits per heavy atom. The normalized spacial score (nSPS) is 11.2. The lowest BCUT2D eigenvalue weighted by atomic mass is 9.93. The number of hydrogen-bond donors (Lipinski definition) is 1. The highest BCUT2D eigenvalue weighted by Gasteiger charge is 2.19. The lowest BCUT2D eigenvalue weighted by Gasteiger charge is -2.19. The molecule has 2 aromatic carbocycles. The van der Waals surface area contributed by atoms with Crippen LogP contribution in [0.2, 0.25) is 0 Å². The highest BCUT2D eigenvalue weighted by Crippen LogP contribution is 2.18. The fraction of sp³-hybridized carbons (Fsp3) is 0.176. The minimum Gasteiger partial charge on any atom is -0.322 e. The van der Waals surface area contributed by atoms with Gasteiger partial charge in [0.05, 0.1) is 0 Å². The van der Waals surface area contributed by atoms with Crippen molar-refractivity contribution in [2.24, 2.45) is 5.73 Å². The number of carbonyl (C=O) groups is 2. The third-order valence-corrected chi connectivity index (χ3v) is 3.13. The first-order chi connectivity index (χ1) is 9.39. The molecule has 3 nitrogen and oxygen atoms in total. The molecule has 0 aromatic heterocycles. The maximum absolute atomic E-state index is 12.1. The van der Waals surface area contributed by atoms with Crippen LogP contribution < -0.4 is 5.73 Å². The molecule has 2 rings (SSSR count). The standard InChI is InChI=1S/C17H17NO2/c1-17(2,18)14-10-8-13(9-11-14)16(20)15(19)12-6-4-3-5-7-12/h3-11H,18H2,1-2H3. The zero-order valence-electron chi connectivity index (χ0n) is 11.6. The van der Waals surface area contributed by atoms with Gasteiger partial charge in [-0.2, -0.15) is 0 Å². The molecule has 0 radical (unpaired) electrons. The average molecular weight is 267 g/mol. The second-order valence-corrected chi connectivity index (χ2v) is 5.32. The van der Waals surface area contributed by atoms with Gasteiger partial charge in [0.15, 0.2) is 0 Å². The van der Waals surface area contributed by atoms with E-state index >= 15 is 0 Å². The van der Waals surface area contributed by atoms with Crippen LogP contribution in [-0.2, 0) is 5.54 Å². The van der Waals surface area contributed by atoms with E-state index in [9.17, 15) is 9.59 Å². The van der Waals surface area contributed by atoms with Crippen LogP contribution in [0, 0.1) is 0 Å². The maximum Gasteiger partial charge on any atom is 0.233 e. The Morgan fingerprint density at radius 3 is 1.70 bits per heavy atom. The van der Waals surface area contributed by atoms with Crippen LogP contribution in [-0.4, -0.2) is 11.6 Å². The second kappa shape index (κ2) is 5.39. The summed E-state index contributed by atoms with van der Waals surface area (Å²) in [6.07, 6.45) is 0. The highest BCUT2D eigenvalue weighted by molar-refractivity contribution is 6.49. The summed E-state index contributed by atoms with van der Waals surface area (Å²) in [6, 6.07) is 15.4. The van der Waals surface area contributed by atoms with Gasteiger partial charge in [0.25, 0.3) is 0 Å². The minimum absolute atomic E-state index is 0.381. The van der Waals surface area contributed by atoms with Crippen LogP contribution in [0.25, 0.3) is 0 Å². The molecule has 0 aliphatic heterocycles. The minimum atomic E-state index is -0.502. The molecule has 3 heteroatoms. The van der Waals surface area contributed by atoms with Gasteiger partial charge in [0, 0.05) is 16.7 Å². The predicted molar refractivity (Wildman–Crippen MR) is 78.8 cm³/mol. The topological polar surface area (TPSA) is 60.2 Å². The van der Waals surface area contributed by atoms with Gasteiger partial charge in [0.2, 0.25) is 11.6 Å². The molecule has 0 unspecified atom stereocenters. The van der Waals surface area contributed by atoms with E-state index in [1.165, 1.54) is 0 Å². The fourth-order valence-corrected chi connectivity index (χ4v) is 1.90. The molecule has 102 valence electrons. The number of Topliss-reactive ketones (excluding diaryl/α,β-unsaturated/α-hetero) is 2. The lowest BCUT2D eigenvalue weighted by molar-refractivity contribution is 0.0817. The average Bonchev–Trinajstić information content (AvgIpc) is 2.46. The van der Waals surface area contributed by atoms with Gasteiger partial charge in [-0.25, -0.2) is 0 Å². The van der Waals surface area contributed by atoms with Crippen molar-refractivity contribution in [3.8, 4) is 0 Å². The number of ketones is 2. The van der Waals surface area contributed by atoms with E-state index < -0.39 is 17.1 Å². The summed E-state index contributed by atoms with van der Waals surface area (Å²) in [5, 5.41) is 0. The molecule has 0 bridgehead atoms. The van der Waals surface area contributed by atoms with Crippen molar-refractivity contribution in [1.82, 2.24) is 0 Å². The molecule has 0 heterocycles. The van der Waals surface area contributed by atoms with Crippen LogP contribution >= 0.6 is 0 Å². The van der Waals surface area contributed by atoms with Crippen LogP contribution in [0.5, 0.6) is 0 Å². The van der Waals surface area contributed by atoms with Gasteiger partial charge >= 0.3 is 0 Å². The molecular formula is C17H17NO2. The van der Waals surface area contributed by atoms with Crippen LogP contribution in [0.4, 0.5) is 0 Å². The van der Waals surface area contributed by atoms with E-state index in [4.69, 9.17) is 5.73 Å². The van der Waals surface area contributed by atoms with E-state index in [1.807, 2.05) is 13.8 Å². The van der Waals surface area contributed by atoms with Gasteiger partial charge in [-0.05, 0) is 19.4 Å². The molecule has 0 atom stereocenters. The van der Waals surface area contributed by atoms with E-state index in [2.05, 4.69) is 0 Å². The summed E-state index contributed by atoms with van der Waals surface area (Å²) in [6.45, 7) is 3.78. The molecule has 2 aromatic rings. The predicted octanol–water partition coefficient (Wildman–Crippen LogP) is 2.95. The third kappa shape index (κ3) is 3.00. The Labute approximate surface area is 118 Å². The molecule has 20 heavy (non-hydrogen) atoms. The van der Waals surface area contributed by atoms with Crippen LogP contribution in [0.15, 0.2) is 54.6 Å². The number of carbonyl (C=O) groups excluding carboxylic acids is 2. The van der Waals surface area contributed by atoms with E-state index in [-0.39, 0.29) is 0 Å². The van der Waals surface area contributed by atoms with Gasteiger partial charge < -0.3 is 5.73 Å². The smallest absolute Gasteiger partial charge is 0.233 e. The quantitative estimate of drug-likeness (QED) is 0.684. The molecule has 0 aliphatic carbocycles. The Hall–Kier alpha value is -2.26. The Kier molecular flexibility index (Phi) is 3.81. The van der Waals surface area contributed by atoms with Gasteiger partial charge in [-0.15, -0.1) is 0 Å². The summed E-state index contributed by atoms with van der Waals surface area (Å²) in [4.78, 5) is 24.2. The molecule has 0 saturated carbocycles. The van der Waals surface area contributed by atoms with Gasteiger partial charge in [-0.3, -0.25) is 9.59 Å². The SMILES string of the molecule is CC(C)(N)c1ccc(C(=O)C(=O)c2ccccc2)cc1. The summed E-state index contributed by atoms with van der Waals surface area (Å²) >= 11 is 0. The molecular weight excluding hydrogens is 250 g/mol. The van der Waals surface area contributed by atoms with Crippen molar-refractivity contribution < 1.29 is 9.59 Å². The Bertz CT molecular complexity index is 622. The van der Waals surface area contributed by atoms with E-state index in [1.54, 1.807) is 54.6 Å². The first-order valence-electron chi connectivity index (χ1n) is 6.43. The van der Waals surface area contributed by atoms with Crippen molar-refractivity contribution in [3.63, 3.8) is 0 Å². The number of benzene rings is 2. The Balaban J connectivity index is 2.24. The van der Waals surface area contributed by atoms with Crippen molar-refractivity contribution in [2.75, 3.05) is 0 Å². The van der Waals surface area contributed by atoms with Crippen molar-refractivity contribution in [2.45, 2.75) is 19.4 Å². The highest BCUT2D eigenvalue weighted by atomic mass is 16.2. The maximum atomic E-state index is 12.1. The summed E-state index contributed by atoms with van der Waals surface area (Å²) in [7, 11) is 0. The number of hydrogen-bond acceptors (Lipinski definition) is 3. The summed E-state index contributed by atoms with van der Waals surface area (Å²) in [5.74, 6) is -0.997. The molecule has 2 N–H and O–H groups in total. The molecule has 0 fully saturated rings. The Morgan fingerprint density at radius 1 is 0.800 bits per heavy atom. The number of rotatable bonds is 4. The largest absolute Gasteiger partial charge is 0.322 e. The van der Waals surface area contributed by atoms with Crippen molar-refractivity contribution in [1.29, 1.82) is 0 Å². The van der Waals surface area contributed by atoms with Gasteiger partial charge in [-0.1, -0.05) is 54.6 Å². The van der Waals surface area contributed by atoms with E-state index in [0.29, 0.717) is 11.1 Å². The van der Waals surface area contributed by atoms with Gasteiger partial charge in [0.1, 0.15) is 0 Å². The summed E-state index contributed by atoms with van der Waals surface area (Å²) in [5.41, 5.74) is 7.22. The lowest BCUT2D eigenvalue weighted by Crippen LogP contribution is -2.28. The molecule has 0 spiro atoms. The van der Waals surface area contributed by atoms with Crippen LogP contribution in [0.3, 0.4) is 0 Å². The van der Waals surface area contributed by atoms with E-state index in [0.717, 1.165) is 5.56 Å². The molecule has 0 saturated heterocycles. The molecule has 0 aliphatic rings. The summed E-state index contributed by atoms with van der Waals surface area (Å²) < 4.78 is 0. The second-order valence-electron chi connectivity index (χ2n) is 5.32. The fourth-order valence-electron chi connectivity index (χ4n) is 1.90. The van der Waals surface area contributed by atoms with Crippen molar-refractivity contribution >= 4 is 11.6 Å². The molecule has 0 amide bonds. The zero-order chi connectivity index (χ0) is 14.8. The van der Waals surface area contributed by atoms with Crippen molar-refractivity contribution in [3.05, 3.63) is 71.3 Å². The monoisotopic (exact) mass is 267 g/mol. The third-order valence-electron chi connectivity index (χ3n) is 3.13. The number of nitrogens with two attached hydrogens (primary N) is 1. The van der Waals surface area contributed by atoms with Crippen LogP contribution in [0.1, 0.15) is 40.1 Å². The first-order valence-corrected chi connectivity index (χ1v) is 6.43. The zero-order valence-corrected chi connectivity index (χ0v) is 11.6.